The first-order chi connectivity index (χ1) is 13.1. The van der Waals surface area contributed by atoms with Gasteiger partial charge in [-0.05, 0) is 49.4 Å². The fourth-order valence-corrected chi connectivity index (χ4v) is 2.15. The maximum Gasteiger partial charge on any atom is 0.417 e. The zero-order valence-corrected chi connectivity index (χ0v) is 14.7. The number of nitrogens with zero attached hydrogens (tertiary/aromatic N) is 2. The second-order valence-electron chi connectivity index (χ2n) is 6.17. The van der Waals surface area contributed by atoms with E-state index >= 15 is 0 Å². The van der Waals surface area contributed by atoms with Gasteiger partial charge in [-0.25, -0.2) is 0 Å². The number of nitrogens with two attached hydrogens (primary N) is 1. The molecule has 1 amide bonds. The van der Waals surface area contributed by atoms with E-state index in [-0.39, 0.29) is 12.3 Å². The lowest BCUT2D eigenvalue weighted by Gasteiger charge is -2.24. The summed E-state index contributed by atoms with van der Waals surface area (Å²) in [5, 5.41) is 19.9. The Morgan fingerprint density at radius 1 is 1.14 bits per heavy atom. The summed E-state index contributed by atoms with van der Waals surface area (Å²) in [5.74, 6) is -0.389. The highest BCUT2D eigenvalue weighted by Crippen LogP contribution is 2.33. The van der Waals surface area contributed by atoms with E-state index in [9.17, 15) is 18.0 Å². The molecule has 0 fully saturated rings. The molecule has 0 saturated heterocycles. The molecule has 0 spiro atoms. The molecule has 2 aromatic carbocycles. The van der Waals surface area contributed by atoms with Crippen LogP contribution in [0.3, 0.4) is 0 Å². The van der Waals surface area contributed by atoms with Crippen molar-refractivity contribution >= 4 is 11.6 Å². The number of anilines is 1. The van der Waals surface area contributed by atoms with E-state index in [1.54, 1.807) is 0 Å². The smallest absolute Gasteiger partial charge is 0.417 e. The van der Waals surface area contributed by atoms with Crippen molar-refractivity contribution in [2.75, 3.05) is 11.9 Å². The van der Waals surface area contributed by atoms with E-state index < -0.39 is 28.7 Å². The van der Waals surface area contributed by atoms with Gasteiger partial charge in [-0.2, -0.15) is 23.7 Å². The number of carbonyl (C=O) groups is 1. The molecule has 0 heterocycles. The van der Waals surface area contributed by atoms with E-state index in [1.807, 2.05) is 6.07 Å². The number of nitriles is 2. The quantitative estimate of drug-likeness (QED) is 0.817. The van der Waals surface area contributed by atoms with Crippen LogP contribution in [-0.2, 0) is 11.0 Å². The van der Waals surface area contributed by atoms with Crippen molar-refractivity contribution in [2.24, 2.45) is 5.73 Å². The molecule has 0 aromatic heterocycles. The lowest BCUT2D eigenvalue weighted by molar-refractivity contribution is -0.137. The summed E-state index contributed by atoms with van der Waals surface area (Å²) in [6.07, 6.45) is -4.74. The van der Waals surface area contributed by atoms with Crippen molar-refractivity contribution in [2.45, 2.75) is 18.6 Å². The predicted molar refractivity (Wildman–Crippen MR) is 94.0 cm³/mol. The largest absolute Gasteiger partial charge is 0.491 e. The van der Waals surface area contributed by atoms with Crippen molar-refractivity contribution < 1.29 is 22.7 Å². The van der Waals surface area contributed by atoms with Crippen LogP contribution in [0.4, 0.5) is 18.9 Å². The van der Waals surface area contributed by atoms with Crippen LogP contribution in [0, 0.1) is 22.7 Å². The molecule has 6 nitrogen and oxygen atoms in total. The van der Waals surface area contributed by atoms with Crippen molar-refractivity contribution in [3.63, 3.8) is 0 Å². The van der Waals surface area contributed by atoms with Crippen molar-refractivity contribution in [3.8, 4) is 17.9 Å². The highest BCUT2D eigenvalue weighted by Gasteiger charge is 2.35. The van der Waals surface area contributed by atoms with E-state index in [4.69, 9.17) is 21.0 Å². The minimum absolute atomic E-state index is 0.147. The number of ether oxygens (including phenoxy) is 1. The number of benzene rings is 2. The minimum atomic E-state index is -4.74. The van der Waals surface area contributed by atoms with Crippen LogP contribution >= 0.6 is 0 Å². The maximum atomic E-state index is 13.0. The standard InChI is InChI=1S/C19H15F3N4O2/c1-18(25,11-28-15-6-2-12(9-23)3-7-15)17(27)26-14-5-4-13(10-24)16(8-14)19(20,21)22/h2-8H,11,25H2,1H3,(H,26,27)/t18-/m0/s1. The molecule has 0 unspecified atom stereocenters. The molecule has 0 aliphatic heterocycles. The van der Waals surface area contributed by atoms with Gasteiger partial charge in [0.2, 0.25) is 5.91 Å². The molecule has 0 bridgehead atoms. The summed E-state index contributed by atoms with van der Waals surface area (Å²) in [7, 11) is 0. The van der Waals surface area contributed by atoms with Gasteiger partial charge in [0.1, 0.15) is 17.9 Å². The van der Waals surface area contributed by atoms with E-state index in [0.717, 1.165) is 6.07 Å². The van der Waals surface area contributed by atoms with E-state index in [2.05, 4.69) is 5.32 Å². The van der Waals surface area contributed by atoms with Gasteiger partial charge in [-0.1, -0.05) is 0 Å². The van der Waals surface area contributed by atoms with Crippen LogP contribution in [0.25, 0.3) is 0 Å². The Labute approximate surface area is 158 Å². The second kappa shape index (κ2) is 7.99. The van der Waals surface area contributed by atoms with E-state index in [0.29, 0.717) is 17.4 Å². The van der Waals surface area contributed by atoms with Gasteiger partial charge in [0, 0.05) is 5.69 Å². The Morgan fingerprint density at radius 2 is 1.79 bits per heavy atom. The first kappa shape index (κ1) is 20.7. The third kappa shape index (κ3) is 5.00. The first-order valence-electron chi connectivity index (χ1n) is 7.91. The van der Waals surface area contributed by atoms with Gasteiger partial charge in [0.15, 0.2) is 0 Å². The van der Waals surface area contributed by atoms with Crippen LogP contribution in [0.2, 0.25) is 0 Å². The number of nitrogens with one attached hydrogen (secondary N) is 1. The van der Waals surface area contributed by atoms with Crippen LogP contribution in [0.1, 0.15) is 23.6 Å². The number of hydrogen-bond acceptors (Lipinski definition) is 5. The number of rotatable bonds is 5. The SMILES string of the molecule is C[C@](N)(COc1ccc(C#N)cc1)C(=O)Nc1ccc(C#N)c(C(F)(F)F)c1. The Hall–Kier alpha value is -3.56. The van der Waals surface area contributed by atoms with Gasteiger partial charge < -0.3 is 15.8 Å². The number of amides is 1. The second-order valence-corrected chi connectivity index (χ2v) is 6.17. The lowest BCUT2D eigenvalue weighted by atomic mass is 10.0. The molecule has 0 saturated carbocycles. The lowest BCUT2D eigenvalue weighted by Crippen LogP contribution is -2.53. The third-order valence-corrected chi connectivity index (χ3v) is 3.74. The Bertz CT molecular complexity index is 955. The number of hydrogen-bond donors (Lipinski definition) is 2. The average molecular weight is 388 g/mol. The maximum absolute atomic E-state index is 13.0. The zero-order chi connectivity index (χ0) is 20.9. The minimum Gasteiger partial charge on any atom is -0.491 e. The van der Waals surface area contributed by atoms with Crippen molar-refractivity contribution in [1.29, 1.82) is 10.5 Å². The predicted octanol–water partition coefficient (Wildman–Crippen LogP) is 3.18. The van der Waals surface area contributed by atoms with Gasteiger partial charge >= 0.3 is 6.18 Å². The molecule has 144 valence electrons. The molecule has 0 aliphatic carbocycles. The summed E-state index contributed by atoms with van der Waals surface area (Å²) in [6.45, 7) is 1.10. The monoisotopic (exact) mass is 388 g/mol. The van der Waals surface area contributed by atoms with Crippen LogP contribution in [0.5, 0.6) is 5.75 Å². The molecular weight excluding hydrogens is 373 g/mol. The first-order valence-corrected chi connectivity index (χ1v) is 7.91. The molecule has 28 heavy (non-hydrogen) atoms. The fraction of sp³-hybridized carbons (Fsp3) is 0.211. The summed E-state index contributed by atoms with van der Waals surface area (Å²) in [5.41, 5.74) is 2.95. The molecule has 3 N–H and O–H groups in total. The molecular formula is C19H15F3N4O2. The number of halogens is 3. The highest BCUT2D eigenvalue weighted by atomic mass is 19.4. The Morgan fingerprint density at radius 3 is 2.32 bits per heavy atom. The van der Waals surface area contributed by atoms with Crippen molar-refractivity contribution in [3.05, 3.63) is 59.2 Å². The average Bonchev–Trinajstić information content (AvgIpc) is 2.66. The Balaban J connectivity index is 2.10. The normalized spacial score (nSPS) is 13.0. The van der Waals surface area contributed by atoms with Gasteiger partial charge in [0.05, 0.1) is 28.8 Å². The van der Waals surface area contributed by atoms with Crippen LogP contribution in [0.15, 0.2) is 42.5 Å². The molecule has 9 heteroatoms. The zero-order valence-electron chi connectivity index (χ0n) is 14.7. The van der Waals surface area contributed by atoms with Crippen molar-refractivity contribution in [1.82, 2.24) is 0 Å². The summed E-state index contributed by atoms with van der Waals surface area (Å²) in [4.78, 5) is 12.4. The van der Waals surface area contributed by atoms with Crippen LogP contribution < -0.4 is 15.8 Å². The molecule has 0 radical (unpaired) electrons. The summed E-state index contributed by atoms with van der Waals surface area (Å²) < 4.78 is 44.5. The summed E-state index contributed by atoms with van der Waals surface area (Å²) in [6, 6.07) is 12.4. The van der Waals surface area contributed by atoms with Crippen LogP contribution in [-0.4, -0.2) is 18.1 Å². The molecule has 2 rings (SSSR count). The molecule has 2 aromatic rings. The van der Waals surface area contributed by atoms with Gasteiger partial charge in [-0.15, -0.1) is 0 Å². The van der Waals surface area contributed by atoms with Gasteiger partial charge in [0.25, 0.3) is 0 Å². The van der Waals surface area contributed by atoms with Gasteiger partial charge in [-0.3, -0.25) is 4.79 Å². The molecule has 0 aliphatic rings. The third-order valence-electron chi connectivity index (χ3n) is 3.74. The topological polar surface area (TPSA) is 112 Å². The fourth-order valence-electron chi connectivity index (χ4n) is 2.15. The number of alkyl halides is 3. The molecule has 1 atom stereocenters. The number of carbonyl (C=O) groups excluding carboxylic acids is 1. The van der Waals surface area contributed by atoms with E-state index in [1.165, 1.54) is 43.3 Å². The Kier molecular flexibility index (Phi) is 5.92. The summed E-state index contributed by atoms with van der Waals surface area (Å²) >= 11 is 0. The highest BCUT2D eigenvalue weighted by molar-refractivity contribution is 5.98.